The minimum absolute atomic E-state index is 0.0850. The molecule has 0 radical (unpaired) electrons. The average Bonchev–Trinajstić information content (AvgIpc) is 2.56. The fourth-order valence-corrected chi connectivity index (χ4v) is 3.41. The molecule has 3 rings (SSSR count). The molecule has 1 saturated heterocycles. The minimum Gasteiger partial charge on any atom is -0.385 e. The van der Waals surface area contributed by atoms with Crippen molar-refractivity contribution in [3.63, 3.8) is 0 Å². The number of hydrogen-bond acceptors (Lipinski definition) is 4. The van der Waals surface area contributed by atoms with Crippen LogP contribution in [0.15, 0.2) is 41.5 Å². The molecule has 1 N–H and O–H groups in total. The normalized spacial score (nSPS) is 17.3. The second-order valence-electron chi connectivity index (χ2n) is 5.84. The molecule has 0 amide bonds. The number of hydrogen-bond donors (Lipinski definition) is 1. The van der Waals surface area contributed by atoms with E-state index in [2.05, 4.69) is 4.98 Å². The Balaban J connectivity index is 1.82. The lowest BCUT2D eigenvalue weighted by Crippen LogP contribution is -2.45. The molecule has 6 heteroatoms. The van der Waals surface area contributed by atoms with Crippen molar-refractivity contribution < 1.29 is 5.11 Å². The van der Waals surface area contributed by atoms with Gasteiger partial charge in [0.05, 0.1) is 5.60 Å². The second kappa shape index (κ2) is 6.34. The quantitative estimate of drug-likeness (QED) is 0.937. The van der Waals surface area contributed by atoms with Crippen LogP contribution in [0.4, 0.5) is 5.82 Å². The van der Waals surface area contributed by atoms with Gasteiger partial charge < -0.3 is 14.6 Å². The van der Waals surface area contributed by atoms with Crippen molar-refractivity contribution in [3.05, 3.63) is 57.6 Å². The number of aromatic nitrogens is 2. The van der Waals surface area contributed by atoms with Gasteiger partial charge in [-0.05, 0) is 25.8 Å². The van der Waals surface area contributed by atoms with E-state index in [9.17, 15) is 9.90 Å². The summed E-state index contributed by atoms with van der Waals surface area (Å²) in [4.78, 5) is 18.5. The van der Waals surface area contributed by atoms with Gasteiger partial charge in [-0.15, -0.1) is 0 Å². The van der Waals surface area contributed by atoms with E-state index in [1.165, 1.54) is 0 Å². The van der Waals surface area contributed by atoms with Gasteiger partial charge in [0.2, 0.25) is 0 Å². The van der Waals surface area contributed by atoms with Crippen molar-refractivity contribution in [3.8, 4) is 0 Å². The van der Waals surface area contributed by atoms with Gasteiger partial charge in [0.1, 0.15) is 0 Å². The third-order valence-corrected chi connectivity index (χ3v) is 4.83. The van der Waals surface area contributed by atoms with E-state index in [-0.39, 0.29) is 5.56 Å². The molecule has 2 aromatic rings. The Bertz CT molecular complexity index is 751. The monoisotopic (exact) mass is 333 g/mol. The maximum atomic E-state index is 12.4. The fourth-order valence-electron chi connectivity index (χ4n) is 3.10. The number of rotatable bonds is 3. The zero-order valence-electron chi connectivity index (χ0n) is 13.1. The van der Waals surface area contributed by atoms with Crippen LogP contribution in [0.25, 0.3) is 0 Å². The van der Waals surface area contributed by atoms with Crippen LogP contribution in [-0.2, 0) is 12.1 Å². The lowest BCUT2D eigenvalue weighted by molar-refractivity contribution is 0.0117. The first-order valence-corrected chi connectivity index (χ1v) is 8.21. The first-order chi connectivity index (χ1) is 11.0. The SMILES string of the molecule is CCn1ccnc(N2CCC(O)(c3ccccc3Cl)CC2)c1=O. The third-order valence-electron chi connectivity index (χ3n) is 4.50. The number of nitrogens with zero attached hydrogens (tertiary/aromatic N) is 3. The number of anilines is 1. The highest BCUT2D eigenvalue weighted by Crippen LogP contribution is 2.37. The average molecular weight is 334 g/mol. The molecule has 1 aliphatic heterocycles. The smallest absolute Gasteiger partial charge is 0.293 e. The Morgan fingerprint density at radius 1 is 1.30 bits per heavy atom. The maximum Gasteiger partial charge on any atom is 0.293 e. The molecule has 122 valence electrons. The van der Waals surface area contributed by atoms with Crippen LogP contribution in [0.5, 0.6) is 0 Å². The van der Waals surface area contributed by atoms with Crippen LogP contribution >= 0.6 is 11.6 Å². The van der Waals surface area contributed by atoms with Crippen LogP contribution in [0.1, 0.15) is 25.3 Å². The van der Waals surface area contributed by atoms with Crippen molar-refractivity contribution in [2.45, 2.75) is 31.9 Å². The molecule has 0 aliphatic carbocycles. The van der Waals surface area contributed by atoms with Crippen molar-refractivity contribution in [1.82, 2.24) is 9.55 Å². The van der Waals surface area contributed by atoms with E-state index in [1.54, 1.807) is 23.0 Å². The summed E-state index contributed by atoms with van der Waals surface area (Å²) in [6, 6.07) is 7.39. The Labute approximate surface area is 140 Å². The van der Waals surface area contributed by atoms with E-state index in [0.717, 1.165) is 5.56 Å². The van der Waals surface area contributed by atoms with Gasteiger partial charge in [0.25, 0.3) is 5.56 Å². The highest BCUT2D eigenvalue weighted by molar-refractivity contribution is 6.31. The van der Waals surface area contributed by atoms with Crippen molar-refractivity contribution >= 4 is 17.4 Å². The summed E-state index contributed by atoms with van der Waals surface area (Å²) in [5.41, 5.74) is -0.278. The summed E-state index contributed by atoms with van der Waals surface area (Å²) in [6.07, 6.45) is 4.36. The van der Waals surface area contributed by atoms with Crippen LogP contribution in [0.3, 0.4) is 0 Å². The number of halogens is 1. The molecule has 1 aromatic heterocycles. The summed E-state index contributed by atoms with van der Waals surface area (Å²) >= 11 is 6.23. The van der Waals surface area contributed by atoms with Crippen molar-refractivity contribution in [1.29, 1.82) is 0 Å². The van der Waals surface area contributed by atoms with E-state index in [4.69, 9.17) is 11.6 Å². The summed E-state index contributed by atoms with van der Waals surface area (Å²) in [7, 11) is 0. The van der Waals surface area contributed by atoms with Gasteiger partial charge in [-0.1, -0.05) is 29.8 Å². The highest BCUT2D eigenvalue weighted by atomic mass is 35.5. The Morgan fingerprint density at radius 3 is 2.65 bits per heavy atom. The number of piperidine rings is 1. The van der Waals surface area contributed by atoms with Gasteiger partial charge >= 0.3 is 0 Å². The van der Waals surface area contributed by atoms with Crippen LogP contribution in [-0.4, -0.2) is 27.7 Å². The zero-order chi connectivity index (χ0) is 16.4. The third kappa shape index (κ3) is 2.99. The maximum absolute atomic E-state index is 12.4. The largest absolute Gasteiger partial charge is 0.385 e. The van der Waals surface area contributed by atoms with Crippen LogP contribution < -0.4 is 10.5 Å². The molecule has 1 fully saturated rings. The van der Waals surface area contributed by atoms with E-state index >= 15 is 0 Å². The fraction of sp³-hybridized carbons (Fsp3) is 0.412. The molecule has 2 heterocycles. The number of aliphatic hydroxyl groups is 1. The predicted octanol–water partition coefficient (Wildman–Crippen LogP) is 2.40. The molecule has 1 aromatic carbocycles. The Morgan fingerprint density at radius 2 is 2.00 bits per heavy atom. The van der Waals surface area contributed by atoms with E-state index in [1.807, 2.05) is 30.0 Å². The topological polar surface area (TPSA) is 58.4 Å². The highest BCUT2D eigenvalue weighted by Gasteiger charge is 2.36. The van der Waals surface area contributed by atoms with Crippen LogP contribution in [0.2, 0.25) is 5.02 Å². The summed E-state index contributed by atoms with van der Waals surface area (Å²) < 4.78 is 1.64. The standard InChI is InChI=1S/C17H20ClN3O2/c1-2-20-12-9-19-15(16(20)22)21-10-7-17(23,8-11-21)13-5-3-4-6-14(13)18/h3-6,9,12,23H,2,7-8,10-11H2,1H3. The van der Waals surface area contributed by atoms with Crippen LogP contribution in [0, 0.1) is 0 Å². The first-order valence-electron chi connectivity index (χ1n) is 7.83. The molecule has 0 atom stereocenters. The summed E-state index contributed by atoms with van der Waals surface area (Å²) in [5, 5.41) is 11.5. The molecule has 0 bridgehead atoms. The van der Waals surface area contributed by atoms with Gasteiger partial charge in [-0.3, -0.25) is 4.79 Å². The zero-order valence-corrected chi connectivity index (χ0v) is 13.8. The van der Waals surface area contributed by atoms with Gasteiger partial charge in [-0.25, -0.2) is 4.98 Å². The minimum atomic E-state index is -0.951. The molecule has 0 unspecified atom stereocenters. The lowest BCUT2D eigenvalue weighted by Gasteiger charge is -2.39. The van der Waals surface area contributed by atoms with E-state index in [0.29, 0.717) is 43.3 Å². The predicted molar refractivity (Wildman–Crippen MR) is 91.0 cm³/mol. The summed E-state index contributed by atoms with van der Waals surface area (Å²) in [5.74, 6) is 0.454. The summed E-state index contributed by atoms with van der Waals surface area (Å²) in [6.45, 7) is 3.68. The number of aryl methyl sites for hydroxylation is 1. The first kappa shape index (κ1) is 16.0. The van der Waals surface area contributed by atoms with Crippen molar-refractivity contribution in [2.75, 3.05) is 18.0 Å². The molecule has 0 saturated carbocycles. The molecule has 5 nitrogen and oxygen atoms in total. The van der Waals surface area contributed by atoms with Gasteiger partial charge in [-0.2, -0.15) is 0 Å². The molecular formula is C17H20ClN3O2. The van der Waals surface area contributed by atoms with E-state index < -0.39 is 5.60 Å². The number of benzene rings is 1. The molecular weight excluding hydrogens is 314 g/mol. The molecule has 23 heavy (non-hydrogen) atoms. The van der Waals surface area contributed by atoms with Crippen molar-refractivity contribution in [2.24, 2.45) is 0 Å². The van der Waals surface area contributed by atoms with Gasteiger partial charge in [0.15, 0.2) is 5.82 Å². The lowest BCUT2D eigenvalue weighted by atomic mass is 9.84. The Kier molecular flexibility index (Phi) is 4.41. The second-order valence-corrected chi connectivity index (χ2v) is 6.25. The van der Waals surface area contributed by atoms with Gasteiger partial charge in [0, 0.05) is 42.6 Å². The molecule has 1 aliphatic rings. The Hall–Kier alpha value is -1.85. The molecule has 0 spiro atoms.